The number of aliphatic hydroxyl groups is 1. The summed E-state index contributed by atoms with van der Waals surface area (Å²) in [6.45, 7) is 6.46. The zero-order valence-corrected chi connectivity index (χ0v) is 13.3. The quantitative estimate of drug-likeness (QED) is 0.835. The summed E-state index contributed by atoms with van der Waals surface area (Å²) in [6, 6.07) is 0. The van der Waals surface area contributed by atoms with E-state index in [1.165, 1.54) is 6.42 Å². The molecule has 1 aliphatic rings. The van der Waals surface area contributed by atoms with Crippen molar-refractivity contribution in [3.8, 4) is 0 Å². The van der Waals surface area contributed by atoms with Crippen molar-refractivity contribution >= 4 is 17.4 Å². The van der Waals surface area contributed by atoms with Gasteiger partial charge in [-0.3, -0.25) is 0 Å². The van der Waals surface area contributed by atoms with Gasteiger partial charge in [0.15, 0.2) is 0 Å². The molecule has 0 atom stereocenters. The zero-order valence-electron chi connectivity index (χ0n) is 12.5. The van der Waals surface area contributed by atoms with E-state index in [-0.39, 0.29) is 0 Å². The second-order valence-electron chi connectivity index (χ2n) is 5.96. The molecule has 0 bridgehead atoms. The maximum atomic E-state index is 10.6. The topological polar surface area (TPSA) is 58.0 Å². The summed E-state index contributed by atoms with van der Waals surface area (Å²) in [4.78, 5) is 8.48. The Labute approximate surface area is 126 Å². The molecule has 0 radical (unpaired) electrons. The summed E-state index contributed by atoms with van der Waals surface area (Å²) in [5.41, 5.74) is 0.215. The standard InChI is InChI=1S/C15H24ClN3O/c1-4-12-5-7-15(20,8-6-12)9-17-14-10(2)13(16)18-11(3)19-14/h12,20H,4-9H2,1-3H3,(H,17,18,19). The minimum absolute atomic E-state index is 0.474. The Morgan fingerprint density at radius 2 is 1.95 bits per heavy atom. The van der Waals surface area contributed by atoms with Gasteiger partial charge >= 0.3 is 0 Å². The summed E-state index contributed by atoms with van der Waals surface area (Å²) in [7, 11) is 0. The van der Waals surface area contributed by atoms with Gasteiger partial charge in [0.2, 0.25) is 0 Å². The van der Waals surface area contributed by atoms with Gasteiger partial charge in [0, 0.05) is 12.1 Å². The molecular weight excluding hydrogens is 274 g/mol. The normalized spacial score (nSPS) is 26.6. The summed E-state index contributed by atoms with van der Waals surface area (Å²) in [6.07, 6.45) is 5.14. The monoisotopic (exact) mass is 297 g/mol. The zero-order chi connectivity index (χ0) is 14.8. The van der Waals surface area contributed by atoms with E-state index in [9.17, 15) is 5.11 Å². The average Bonchev–Trinajstić information content (AvgIpc) is 2.42. The predicted octanol–water partition coefficient (Wildman–Crippen LogP) is 3.49. The number of nitrogens with zero attached hydrogens (tertiary/aromatic N) is 2. The lowest BCUT2D eigenvalue weighted by Gasteiger charge is -2.36. The van der Waals surface area contributed by atoms with Crippen molar-refractivity contribution in [1.82, 2.24) is 9.97 Å². The molecule has 20 heavy (non-hydrogen) atoms. The fourth-order valence-corrected chi connectivity index (χ4v) is 3.03. The van der Waals surface area contributed by atoms with Crippen LogP contribution >= 0.6 is 11.6 Å². The van der Waals surface area contributed by atoms with Gasteiger partial charge in [-0.1, -0.05) is 24.9 Å². The summed E-state index contributed by atoms with van der Waals surface area (Å²) in [5.74, 6) is 2.14. The molecule has 1 aliphatic carbocycles. The van der Waals surface area contributed by atoms with Gasteiger partial charge in [-0.05, 0) is 45.4 Å². The highest BCUT2D eigenvalue weighted by molar-refractivity contribution is 6.30. The molecule has 1 aromatic heterocycles. The third kappa shape index (κ3) is 3.61. The van der Waals surface area contributed by atoms with Crippen LogP contribution in [0.1, 0.15) is 50.4 Å². The summed E-state index contributed by atoms with van der Waals surface area (Å²) in [5, 5.41) is 14.4. The van der Waals surface area contributed by atoms with Crippen LogP contribution in [0.15, 0.2) is 0 Å². The molecule has 112 valence electrons. The van der Waals surface area contributed by atoms with Crippen LogP contribution in [0.2, 0.25) is 5.15 Å². The number of hydrogen-bond acceptors (Lipinski definition) is 4. The maximum absolute atomic E-state index is 10.6. The fourth-order valence-electron chi connectivity index (χ4n) is 2.81. The highest BCUT2D eigenvalue weighted by Crippen LogP contribution is 2.34. The first-order valence-electron chi connectivity index (χ1n) is 7.40. The van der Waals surface area contributed by atoms with E-state index in [2.05, 4.69) is 22.2 Å². The van der Waals surface area contributed by atoms with Crippen LogP contribution in [0.25, 0.3) is 0 Å². The Morgan fingerprint density at radius 1 is 1.30 bits per heavy atom. The first kappa shape index (κ1) is 15.5. The number of aromatic nitrogens is 2. The van der Waals surface area contributed by atoms with Crippen LogP contribution in [0.3, 0.4) is 0 Å². The maximum Gasteiger partial charge on any atom is 0.137 e. The molecule has 0 unspecified atom stereocenters. The van der Waals surface area contributed by atoms with Crippen LogP contribution in [0, 0.1) is 19.8 Å². The van der Waals surface area contributed by atoms with Crippen molar-refractivity contribution in [2.75, 3.05) is 11.9 Å². The van der Waals surface area contributed by atoms with Gasteiger partial charge in [0.25, 0.3) is 0 Å². The van der Waals surface area contributed by atoms with Gasteiger partial charge in [-0.2, -0.15) is 0 Å². The van der Waals surface area contributed by atoms with Crippen LogP contribution in [-0.4, -0.2) is 27.2 Å². The molecule has 2 N–H and O–H groups in total. The van der Waals surface area contributed by atoms with Crippen molar-refractivity contribution in [3.63, 3.8) is 0 Å². The van der Waals surface area contributed by atoms with Gasteiger partial charge in [0.1, 0.15) is 16.8 Å². The Kier molecular flexibility index (Phi) is 4.86. The minimum Gasteiger partial charge on any atom is -0.388 e. The van der Waals surface area contributed by atoms with Gasteiger partial charge in [-0.15, -0.1) is 0 Å². The Bertz CT molecular complexity index is 470. The SMILES string of the molecule is CCC1CCC(O)(CNc2nc(C)nc(Cl)c2C)CC1. The molecule has 4 nitrogen and oxygen atoms in total. The fraction of sp³-hybridized carbons (Fsp3) is 0.733. The van der Waals surface area contributed by atoms with E-state index in [0.29, 0.717) is 17.5 Å². The van der Waals surface area contributed by atoms with Crippen molar-refractivity contribution in [3.05, 3.63) is 16.5 Å². The van der Waals surface area contributed by atoms with Crippen LogP contribution in [-0.2, 0) is 0 Å². The number of aryl methyl sites for hydroxylation is 1. The number of hydrogen-bond donors (Lipinski definition) is 2. The lowest BCUT2D eigenvalue weighted by molar-refractivity contribution is 0.00222. The van der Waals surface area contributed by atoms with E-state index in [1.54, 1.807) is 0 Å². The number of halogens is 1. The summed E-state index contributed by atoms with van der Waals surface area (Å²) >= 11 is 6.06. The number of rotatable bonds is 4. The third-order valence-corrected chi connectivity index (χ3v) is 4.76. The summed E-state index contributed by atoms with van der Waals surface area (Å²) < 4.78 is 0. The molecule has 5 heteroatoms. The second-order valence-corrected chi connectivity index (χ2v) is 6.32. The average molecular weight is 298 g/mol. The van der Waals surface area contributed by atoms with E-state index >= 15 is 0 Å². The Morgan fingerprint density at radius 3 is 2.55 bits per heavy atom. The Hall–Kier alpha value is -0.870. The first-order chi connectivity index (χ1) is 9.43. The minimum atomic E-state index is -0.622. The molecule has 1 saturated carbocycles. The highest BCUT2D eigenvalue weighted by atomic mass is 35.5. The molecule has 0 amide bonds. The largest absolute Gasteiger partial charge is 0.388 e. The van der Waals surface area contributed by atoms with Gasteiger partial charge in [0.05, 0.1) is 5.60 Å². The lowest BCUT2D eigenvalue weighted by atomic mass is 9.78. The predicted molar refractivity (Wildman–Crippen MR) is 82.2 cm³/mol. The van der Waals surface area contributed by atoms with Gasteiger partial charge in [-0.25, -0.2) is 9.97 Å². The third-order valence-electron chi connectivity index (χ3n) is 4.40. The van der Waals surface area contributed by atoms with Gasteiger partial charge < -0.3 is 10.4 Å². The van der Waals surface area contributed by atoms with Crippen molar-refractivity contribution < 1.29 is 5.11 Å². The van der Waals surface area contributed by atoms with E-state index in [1.807, 2.05) is 13.8 Å². The second kappa shape index (κ2) is 6.27. The van der Waals surface area contributed by atoms with Crippen molar-refractivity contribution in [2.24, 2.45) is 5.92 Å². The molecule has 2 rings (SSSR count). The Balaban J connectivity index is 1.99. The first-order valence-corrected chi connectivity index (χ1v) is 7.78. The molecule has 0 saturated heterocycles. The van der Waals surface area contributed by atoms with Crippen LogP contribution in [0.4, 0.5) is 5.82 Å². The van der Waals surface area contributed by atoms with E-state index in [0.717, 1.165) is 43.0 Å². The molecule has 0 aliphatic heterocycles. The van der Waals surface area contributed by atoms with Crippen LogP contribution in [0.5, 0.6) is 0 Å². The molecule has 0 aromatic carbocycles. The van der Waals surface area contributed by atoms with E-state index in [4.69, 9.17) is 11.6 Å². The number of nitrogens with one attached hydrogen (secondary N) is 1. The van der Waals surface area contributed by atoms with Crippen molar-refractivity contribution in [2.45, 2.75) is 58.5 Å². The molecular formula is C15H24ClN3O. The van der Waals surface area contributed by atoms with Crippen molar-refractivity contribution in [1.29, 1.82) is 0 Å². The molecule has 1 heterocycles. The smallest absolute Gasteiger partial charge is 0.137 e. The van der Waals surface area contributed by atoms with E-state index < -0.39 is 5.60 Å². The highest BCUT2D eigenvalue weighted by Gasteiger charge is 2.32. The lowest BCUT2D eigenvalue weighted by Crippen LogP contribution is -2.40. The molecule has 0 spiro atoms. The molecule has 1 aromatic rings. The van der Waals surface area contributed by atoms with Crippen LogP contribution < -0.4 is 5.32 Å². The number of anilines is 1. The molecule has 1 fully saturated rings.